The van der Waals surface area contributed by atoms with Crippen molar-refractivity contribution in [2.75, 3.05) is 19.2 Å². The Morgan fingerprint density at radius 1 is 1.35 bits per heavy atom. The van der Waals surface area contributed by atoms with Crippen LogP contribution in [-0.2, 0) is 9.53 Å². The molecule has 1 aliphatic rings. The SMILES string of the molecule is COC(=O)C1=NN(c2ccc(I)cc2)C(c2cccs2)NN1C. The number of carbonyl (C=O) groups is 1. The second-order valence-electron chi connectivity index (χ2n) is 4.84. The van der Waals surface area contributed by atoms with E-state index in [2.05, 4.69) is 33.1 Å². The van der Waals surface area contributed by atoms with E-state index in [1.165, 1.54) is 7.11 Å². The van der Waals surface area contributed by atoms with Crippen molar-refractivity contribution >= 4 is 51.4 Å². The highest BCUT2D eigenvalue weighted by Gasteiger charge is 2.32. The van der Waals surface area contributed by atoms with Crippen LogP contribution < -0.4 is 10.4 Å². The summed E-state index contributed by atoms with van der Waals surface area (Å²) in [4.78, 5) is 13.0. The molecule has 6 nitrogen and oxygen atoms in total. The van der Waals surface area contributed by atoms with Crippen LogP contribution in [0.4, 0.5) is 5.69 Å². The number of hydrogen-bond acceptors (Lipinski definition) is 7. The first-order chi connectivity index (χ1) is 11.1. The van der Waals surface area contributed by atoms with E-state index in [0.717, 1.165) is 14.1 Å². The third-order valence-electron chi connectivity index (χ3n) is 3.35. The van der Waals surface area contributed by atoms with Gasteiger partial charge in [0.05, 0.1) is 12.8 Å². The topological polar surface area (TPSA) is 57.2 Å². The van der Waals surface area contributed by atoms with Gasteiger partial charge in [0, 0.05) is 15.5 Å². The molecule has 2 heterocycles. The van der Waals surface area contributed by atoms with E-state index < -0.39 is 5.97 Å². The molecule has 1 aromatic heterocycles. The lowest BCUT2D eigenvalue weighted by molar-refractivity contribution is -0.133. The monoisotopic (exact) mass is 442 g/mol. The average molecular weight is 442 g/mol. The van der Waals surface area contributed by atoms with Crippen molar-refractivity contribution in [2.24, 2.45) is 5.10 Å². The zero-order chi connectivity index (χ0) is 16.4. The normalized spacial score (nSPS) is 17.9. The number of nitrogens with one attached hydrogen (secondary N) is 1. The van der Waals surface area contributed by atoms with Crippen molar-refractivity contribution in [3.63, 3.8) is 0 Å². The predicted molar refractivity (Wildman–Crippen MR) is 99.0 cm³/mol. The van der Waals surface area contributed by atoms with E-state index in [-0.39, 0.29) is 12.0 Å². The maximum atomic E-state index is 11.9. The third-order valence-corrected chi connectivity index (χ3v) is 5.00. The van der Waals surface area contributed by atoms with E-state index in [0.29, 0.717) is 0 Å². The highest BCUT2D eigenvalue weighted by atomic mass is 127. The summed E-state index contributed by atoms with van der Waals surface area (Å²) in [6, 6.07) is 12.0. The second-order valence-corrected chi connectivity index (χ2v) is 7.07. The second kappa shape index (κ2) is 6.85. The number of hydrazine groups is 1. The quantitative estimate of drug-likeness (QED) is 0.586. The van der Waals surface area contributed by atoms with Gasteiger partial charge in [-0.25, -0.2) is 15.2 Å². The smallest absolute Gasteiger partial charge is 0.377 e. The van der Waals surface area contributed by atoms with Gasteiger partial charge >= 0.3 is 5.97 Å². The molecule has 0 saturated carbocycles. The number of ether oxygens (including phenoxy) is 1. The number of rotatable bonds is 3. The van der Waals surface area contributed by atoms with Gasteiger partial charge in [0.15, 0.2) is 6.17 Å². The van der Waals surface area contributed by atoms with Crippen LogP contribution in [0.25, 0.3) is 0 Å². The van der Waals surface area contributed by atoms with Gasteiger partial charge in [0.2, 0.25) is 5.84 Å². The van der Waals surface area contributed by atoms with Crippen LogP contribution in [0.15, 0.2) is 46.9 Å². The molecule has 1 N–H and O–H groups in total. The van der Waals surface area contributed by atoms with Crippen LogP contribution in [0.3, 0.4) is 0 Å². The number of likely N-dealkylation sites (N-methyl/N-ethyl adjacent to an activating group) is 1. The van der Waals surface area contributed by atoms with Gasteiger partial charge in [-0.05, 0) is 58.3 Å². The molecular formula is C15H15IN4O2S. The fourth-order valence-corrected chi connectivity index (χ4v) is 3.34. The lowest BCUT2D eigenvalue weighted by Gasteiger charge is -2.38. The van der Waals surface area contributed by atoms with Crippen LogP contribution in [0, 0.1) is 3.57 Å². The standard InChI is InChI=1S/C15H15IN4O2S/c1-19-14(15(21)22-2)18-20(11-7-5-10(16)6-8-11)13(17-19)12-4-3-9-23-12/h3-9,13,17H,1-2H3. The molecule has 1 aromatic carbocycles. The Kier molecular flexibility index (Phi) is 4.83. The van der Waals surface area contributed by atoms with Gasteiger partial charge in [-0.3, -0.25) is 5.01 Å². The minimum Gasteiger partial charge on any atom is -0.463 e. The third kappa shape index (κ3) is 3.33. The Morgan fingerprint density at radius 2 is 2.09 bits per heavy atom. The molecular weight excluding hydrogens is 427 g/mol. The number of hydrazone groups is 1. The first-order valence-electron chi connectivity index (χ1n) is 6.85. The Labute approximate surface area is 151 Å². The summed E-state index contributed by atoms with van der Waals surface area (Å²) in [5, 5.41) is 9.93. The van der Waals surface area contributed by atoms with Crippen LogP contribution in [0.2, 0.25) is 0 Å². The van der Waals surface area contributed by atoms with Crippen LogP contribution >= 0.6 is 33.9 Å². The number of halogens is 1. The Morgan fingerprint density at radius 3 is 2.70 bits per heavy atom. The molecule has 1 aliphatic heterocycles. The summed E-state index contributed by atoms with van der Waals surface area (Å²) in [5.41, 5.74) is 4.18. The fourth-order valence-electron chi connectivity index (χ4n) is 2.23. The first kappa shape index (κ1) is 16.2. The molecule has 120 valence electrons. The largest absolute Gasteiger partial charge is 0.463 e. The molecule has 8 heteroatoms. The molecule has 3 rings (SSSR count). The number of nitrogens with zero attached hydrogens (tertiary/aromatic N) is 3. The number of anilines is 1. The molecule has 0 fully saturated rings. The van der Waals surface area contributed by atoms with Crippen LogP contribution in [0.1, 0.15) is 11.0 Å². The van der Waals surface area contributed by atoms with Crippen molar-refractivity contribution in [3.05, 3.63) is 50.2 Å². The minimum atomic E-state index is -0.486. The number of amidine groups is 1. The van der Waals surface area contributed by atoms with Crippen LogP contribution in [0.5, 0.6) is 0 Å². The maximum absolute atomic E-state index is 11.9. The number of esters is 1. The highest BCUT2D eigenvalue weighted by Crippen LogP contribution is 2.31. The molecule has 0 spiro atoms. The fraction of sp³-hybridized carbons (Fsp3) is 0.200. The van der Waals surface area contributed by atoms with Gasteiger partial charge in [0.25, 0.3) is 0 Å². The Bertz CT molecular complexity index is 718. The summed E-state index contributed by atoms with van der Waals surface area (Å²) in [6.07, 6.45) is -0.187. The van der Waals surface area contributed by atoms with Gasteiger partial charge in [-0.15, -0.1) is 16.4 Å². The molecule has 1 unspecified atom stereocenters. The minimum absolute atomic E-state index is 0.187. The summed E-state index contributed by atoms with van der Waals surface area (Å²) >= 11 is 3.89. The van der Waals surface area contributed by atoms with E-state index in [4.69, 9.17) is 4.74 Å². The lowest BCUT2D eigenvalue weighted by atomic mass is 10.2. The van der Waals surface area contributed by atoms with Gasteiger partial charge in [-0.2, -0.15) is 0 Å². The molecule has 23 heavy (non-hydrogen) atoms. The number of methoxy groups -OCH3 is 1. The highest BCUT2D eigenvalue weighted by molar-refractivity contribution is 14.1. The predicted octanol–water partition coefficient (Wildman–Crippen LogP) is 2.79. The van der Waals surface area contributed by atoms with Crippen molar-refractivity contribution in [1.29, 1.82) is 0 Å². The maximum Gasteiger partial charge on any atom is 0.377 e. The summed E-state index contributed by atoms with van der Waals surface area (Å²) < 4.78 is 5.95. The van der Waals surface area contributed by atoms with E-state index >= 15 is 0 Å². The zero-order valence-electron chi connectivity index (χ0n) is 12.6. The van der Waals surface area contributed by atoms with E-state index in [1.807, 2.05) is 41.8 Å². The molecule has 0 bridgehead atoms. The summed E-state index contributed by atoms with van der Waals surface area (Å²) in [6.45, 7) is 0. The van der Waals surface area contributed by atoms with Crippen molar-refractivity contribution in [1.82, 2.24) is 10.4 Å². The molecule has 0 aliphatic carbocycles. The van der Waals surface area contributed by atoms with E-state index in [1.54, 1.807) is 28.4 Å². The van der Waals surface area contributed by atoms with Gasteiger partial charge in [-0.1, -0.05) is 6.07 Å². The molecule has 0 radical (unpaired) electrons. The average Bonchev–Trinajstić information content (AvgIpc) is 3.09. The summed E-state index contributed by atoms with van der Waals surface area (Å²) in [7, 11) is 3.10. The Balaban J connectivity index is 2.05. The summed E-state index contributed by atoms with van der Waals surface area (Å²) in [5.74, 6) is -0.279. The molecule has 2 aromatic rings. The van der Waals surface area contributed by atoms with Gasteiger partial charge in [0.1, 0.15) is 0 Å². The molecule has 1 atom stereocenters. The molecule has 0 amide bonds. The lowest BCUT2D eigenvalue weighted by Crippen LogP contribution is -2.54. The number of benzene rings is 1. The zero-order valence-corrected chi connectivity index (χ0v) is 15.5. The van der Waals surface area contributed by atoms with Crippen molar-refractivity contribution in [3.8, 4) is 0 Å². The Hall–Kier alpha value is -1.65. The first-order valence-corrected chi connectivity index (χ1v) is 8.81. The number of carbonyl (C=O) groups excluding carboxylic acids is 1. The van der Waals surface area contributed by atoms with E-state index in [9.17, 15) is 4.79 Å². The van der Waals surface area contributed by atoms with Crippen molar-refractivity contribution in [2.45, 2.75) is 6.17 Å². The molecule has 0 saturated heterocycles. The number of thiophene rings is 1. The van der Waals surface area contributed by atoms with Crippen molar-refractivity contribution < 1.29 is 9.53 Å². The van der Waals surface area contributed by atoms with Crippen LogP contribution in [-0.4, -0.2) is 31.0 Å². The number of hydrogen-bond donors (Lipinski definition) is 1. The van der Waals surface area contributed by atoms with Gasteiger partial charge < -0.3 is 4.74 Å².